The zero-order chi connectivity index (χ0) is 14.1. The molecule has 0 aliphatic carbocycles. The van der Waals surface area contributed by atoms with Crippen molar-refractivity contribution >= 4 is 44.5 Å². The van der Waals surface area contributed by atoms with Crippen LogP contribution in [0.4, 0.5) is 17.1 Å². The van der Waals surface area contributed by atoms with Gasteiger partial charge >= 0.3 is 0 Å². The Morgan fingerprint density at radius 1 is 1.25 bits per heavy atom. The van der Waals surface area contributed by atoms with Crippen LogP contribution in [0.2, 0.25) is 0 Å². The molecule has 1 heterocycles. The Labute approximate surface area is 119 Å². The van der Waals surface area contributed by atoms with Crippen LogP contribution in [0.15, 0.2) is 41.9 Å². The Hall–Kier alpha value is -2.60. The van der Waals surface area contributed by atoms with Gasteiger partial charge in [0.2, 0.25) is 0 Å². The van der Waals surface area contributed by atoms with E-state index in [1.54, 1.807) is 35.0 Å². The molecule has 0 saturated heterocycles. The molecule has 0 atom stereocenters. The minimum atomic E-state index is -0.538. The fraction of sp³-hybridized carbons (Fsp3) is 0. The molecule has 5 nitrogen and oxygen atoms in total. The summed E-state index contributed by atoms with van der Waals surface area (Å²) in [5, 5.41) is 3.20. The molecule has 0 aliphatic heterocycles. The minimum absolute atomic E-state index is 0.314. The van der Waals surface area contributed by atoms with Crippen LogP contribution in [0.5, 0.6) is 0 Å². The summed E-state index contributed by atoms with van der Waals surface area (Å²) in [4.78, 5) is 15.5. The Kier molecular flexibility index (Phi) is 3.00. The van der Waals surface area contributed by atoms with Crippen LogP contribution >= 0.6 is 11.3 Å². The topological polar surface area (TPSA) is 94.0 Å². The largest absolute Gasteiger partial charge is 0.396 e. The first kappa shape index (κ1) is 12.4. The number of nitrogens with two attached hydrogens (primary N) is 2. The van der Waals surface area contributed by atoms with Crippen molar-refractivity contribution in [2.24, 2.45) is 5.73 Å². The number of thiazole rings is 1. The van der Waals surface area contributed by atoms with Gasteiger partial charge in [-0.2, -0.15) is 0 Å². The third kappa shape index (κ3) is 2.17. The highest BCUT2D eigenvalue weighted by molar-refractivity contribution is 7.16. The Bertz CT molecular complexity index is 797. The van der Waals surface area contributed by atoms with Crippen molar-refractivity contribution in [3.8, 4) is 0 Å². The van der Waals surface area contributed by atoms with E-state index in [0.717, 1.165) is 15.9 Å². The number of para-hydroxylation sites is 1. The van der Waals surface area contributed by atoms with Crippen molar-refractivity contribution in [2.45, 2.75) is 0 Å². The number of rotatable bonds is 3. The van der Waals surface area contributed by atoms with E-state index in [-0.39, 0.29) is 0 Å². The standard InChI is InChI=1S/C14H12N4OS/c15-13-9(14(16)19)2-1-3-11(13)18-8-4-5-10-12(6-8)20-7-17-10/h1-7,18H,15H2,(H2,16,19). The number of carbonyl (C=O) groups excluding carboxylic acids is 1. The third-order valence-corrected chi connectivity index (χ3v) is 3.77. The van der Waals surface area contributed by atoms with Crippen molar-refractivity contribution in [1.82, 2.24) is 4.98 Å². The lowest BCUT2D eigenvalue weighted by molar-refractivity contribution is 0.100. The lowest BCUT2D eigenvalue weighted by Crippen LogP contribution is -2.14. The van der Waals surface area contributed by atoms with Crippen molar-refractivity contribution in [3.05, 3.63) is 47.5 Å². The van der Waals surface area contributed by atoms with Crippen molar-refractivity contribution < 1.29 is 4.79 Å². The Morgan fingerprint density at radius 3 is 2.90 bits per heavy atom. The molecule has 1 aromatic heterocycles. The molecule has 0 radical (unpaired) electrons. The molecule has 3 aromatic rings. The number of nitrogen functional groups attached to an aromatic ring is 1. The average molecular weight is 284 g/mol. The number of primary amides is 1. The first-order valence-electron chi connectivity index (χ1n) is 5.94. The van der Waals surface area contributed by atoms with Gasteiger partial charge in [0.1, 0.15) is 0 Å². The van der Waals surface area contributed by atoms with Crippen molar-refractivity contribution in [2.75, 3.05) is 11.1 Å². The number of hydrogen-bond donors (Lipinski definition) is 3. The normalized spacial score (nSPS) is 10.6. The van der Waals surface area contributed by atoms with E-state index in [4.69, 9.17) is 11.5 Å². The molecule has 0 saturated carbocycles. The first-order valence-corrected chi connectivity index (χ1v) is 6.81. The second-order valence-electron chi connectivity index (χ2n) is 4.29. The maximum atomic E-state index is 11.3. The number of amides is 1. The second kappa shape index (κ2) is 4.82. The number of nitrogens with zero attached hydrogens (tertiary/aromatic N) is 1. The SMILES string of the molecule is NC(=O)c1cccc(Nc2ccc3ncsc3c2)c1N. The molecule has 0 aliphatic rings. The van der Waals surface area contributed by atoms with Crippen LogP contribution in [0, 0.1) is 0 Å². The van der Waals surface area contributed by atoms with Gasteiger partial charge in [-0.25, -0.2) is 4.98 Å². The molecule has 1 amide bonds. The van der Waals surface area contributed by atoms with E-state index in [0.29, 0.717) is 16.9 Å². The van der Waals surface area contributed by atoms with E-state index >= 15 is 0 Å². The molecule has 0 bridgehead atoms. The molecule has 6 heteroatoms. The molecule has 0 unspecified atom stereocenters. The Balaban J connectivity index is 1.98. The summed E-state index contributed by atoms with van der Waals surface area (Å²) in [5.41, 5.74) is 16.2. The van der Waals surface area contributed by atoms with Crippen LogP contribution in [-0.2, 0) is 0 Å². The van der Waals surface area contributed by atoms with Crippen molar-refractivity contribution in [1.29, 1.82) is 0 Å². The van der Waals surface area contributed by atoms with E-state index in [9.17, 15) is 4.79 Å². The molecule has 2 aromatic carbocycles. The third-order valence-electron chi connectivity index (χ3n) is 2.98. The maximum absolute atomic E-state index is 11.3. The second-order valence-corrected chi connectivity index (χ2v) is 5.18. The summed E-state index contributed by atoms with van der Waals surface area (Å²) in [6, 6.07) is 11.0. The predicted octanol–water partition coefficient (Wildman–Crippen LogP) is 2.72. The van der Waals surface area contributed by atoms with Crippen LogP contribution in [-0.4, -0.2) is 10.9 Å². The molecule has 3 rings (SSSR count). The molecule has 100 valence electrons. The van der Waals surface area contributed by atoms with Gasteiger partial charge in [-0.1, -0.05) is 6.07 Å². The molecule has 5 N–H and O–H groups in total. The van der Waals surface area contributed by atoms with Gasteiger partial charge in [0.25, 0.3) is 5.91 Å². The number of nitrogens with one attached hydrogen (secondary N) is 1. The number of fused-ring (bicyclic) bond motifs is 1. The summed E-state index contributed by atoms with van der Waals surface area (Å²) < 4.78 is 1.08. The maximum Gasteiger partial charge on any atom is 0.250 e. The fourth-order valence-electron chi connectivity index (χ4n) is 1.98. The van der Waals surface area contributed by atoms with Crippen LogP contribution in [0.1, 0.15) is 10.4 Å². The number of benzene rings is 2. The number of anilines is 3. The minimum Gasteiger partial charge on any atom is -0.396 e. The van der Waals surface area contributed by atoms with E-state index < -0.39 is 5.91 Å². The highest BCUT2D eigenvalue weighted by Crippen LogP contribution is 2.28. The lowest BCUT2D eigenvalue weighted by Gasteiger charge is -2.11. The van der Waals surface area contributed by atoms with Gasteiger partial charge in [0.15, 0.2) is 0 Å². The number of hydrogen-bond acceptors (Lipinski definition) is 5. The van der Waals surface area contributed by atoms with Crippen LogP contribution in [0.3, 0.4) is 0 Å². The Morgan fingerprint density at radius 2 is 2.10 bits per heavy atom. The van der Waals surface area contributed by atoms with Gasteiger partial charge in [-0.3, -0.25) is 4.79 Å². The number of aromatic nitrogens is 1. The highest BCUT2D eigenvalue weighted by atomic mass is 32.1. The highest BCUT2D eigenvalue weighted by Gasteiger charge is 2.09. The smallest absolute Gasteiger partial charge is 0.250 e. The van der Waals surface area contributed by atoms with Gasteiger partial charge in [0.05, 0.1) is 32.7 Å². The van der Waals surface area contributed by atoms with E-state index in [1.807, 2.05) is 18.2 Å². The molecule has 0 fully saturated rings. The zero-order valence-corrected chi connectivity index (χ0v) is 11.3. The molecular formula is C14H12N4OS. The quantitative estimate of drug-likeness (QED) is 0.644. The molecular weight excluding hydrogens is 272 g/mol. The number of carbonyl (C=O) groups is 1. The predicted molar refractivity (Wildman–Crippen MR) is 82.3 cm³/mol. The summed E-state index contributed by atoms with van der Waals surface area (Å²) in [6.07, 6.45) is 0. The van der Waals surface area contributed by atoms with Crippen LogP contribution < -0.4 is 16.8 Å². The van der Waals surface area contributed by atoms with Gasteiger partial charge in [-0.05, 0) is 30.3 Å². The monoisotopic (exact) mass is 284 g/mol. The van der Waals surface area contributed by atoms with Gasteiger partial charge in [0, 0.05) is 5.69 Å². The zero-order valence-electron chi connectivity index (χ0n) is 10.5. The van der Waals surface area contributed by atoms with E-state index in [2.05, 4.69) is 10.3 Å². The van der Waals surface area contributed by atoms with Gasteiger partial charge in [-0.15, -0.1) is 11.3 Å². The summed E-state index contributed by atoms with van der Waals surface area (Å²) in [6.45, 7) is 0. The van der Waals surface area contributed by atoms with Crippen LogP contribution in [0.25, 0.3) is 10.2 Å². The summed E-state index contributed by atoms with van der Waals surface area (Å²) >= 11 is 1.57. The lowest BCUT2D eigenvalue weighted by atomic mass is 10.1. The summed E-state index contributed by atoms with van der Waals surface area (Å²) in [7, 11) is 0. The fourth-order valence-corrected chi connectivity index (χ4v) is 2.69. The average Bonchev–Trinajstić information content (AvgIpc) is 2.88. The first-order chi connectivity index (χ1) is 9.65. The van der Waals surface area contributed by atoms with E-state index in [1.165, 1.54) is 0 Å². The van der Waals surface area contributed by atoms with Gasteiger partial charge < -0.3 is 16.8 Å². The molecule has 20 heavy (non-hydrogen) atoms. The molecule has 0 spiro atoms. The van der Waals surface area contributed by atoms with Crippen molar-refractivity contribution in [3.63, 3.8) is 0 Å². The summed E-state index contributed by atoms with van der Waals surface area (Å²) in [5.74, 6) is -0.538.